The van der Waals surface area contributed by atoms with E-state index in [4.69, 9.17) is 0 Å². The second kappa shape index (κ2) is 6.23. The second-order valence-electron chi connectivity index (χ2n) is 7.08. The second-order valence-corrected chi connectivity index (χ2v) is 7.08. The van der Waals surface area contributed by atoms with E-state index in [9.17, 15) is 4.39 Å². The van der Waals surface area contributed by atoms with E-state index in [1.165, 1.54) is 18.9 Å². The van der Waals surface area contributed by atoms with Gasteiger partial charge in [0.1, 0.15) is 5.82 Å². The fourth-order valence-electron chi connectivity index (χ4n) is 2.85. The van der Waals surface area contributed by atoms with Gasteiger partial charge in [0.25, 0.3) is 0 Å². The Morgan fingerprint density at radius 1 is 1.30 bits per heavy atom. The number of rotatable bonds is 5. The fraction of sp³-hybridized carbons (Fsp3) is 0.647. The normalized spacial score (nSPS) is 22.9. The van der Waals surface area contributed by atoms with Crippen molar-refractivity contribution >= 4 is 0 Å². The maximum atomic E-state index is 13.2. The molecule has 0 bridgehead atoms. The lowest BCUT2D eigenvalue weighted by Gasteiger charge is -2.44. The molecule has 1 fully saturated rings. The molecule has 0 heterocycles. The lowest BCUT2D eigenvalue weighted by Crippen LogP contribution is -2.51. The Kier molecular flexibility index (Phi) is 4.82. The highest BCUT2D eigenvalue weighted by molar-refractivity contribution is 5.16. The van der Waals surface area contributed by atoms with E-state index in [1.54, 1.807) is 12.1 Å². The highest BCUT2D eigenvalue weighted by atomic mass is 19.1. The van der Waals surface area contributed by atoms with Crippen LogP contribution in [0, 0.1) is 11.7 Å². The smallest absolute Gasteiger partial charge is 0.123 e. The van der Waals surface area contributed by atoms with E-state index < -0.39 is 0 Å². The molecule has 2 rings (SSSR count). The zero-order valence-corrected chi connectivity index (χ0v) is 13.1. The van der Waals surface area contributed by atoms with Gasteiger partial charge in [0.05, 0.1) is 0 Å². The predicted octanol–water partition coefficient (Wildman–Crippen LogP) is 3.42. The van der Waals surface area contributed by atoms with Crippen molar-refractivity contribution in [1.82, 2.24) is 10.2 Å². The Hall–Kier alpha value is -0.930. The molecule has 0 saturated heterocycles. The van der Waals surface area contributed by atoms with Gasteiger partial charge in [-0.1, -0.05) is 12.1 Å². The summed E-state index contributed by atoms with van der Waals surface area (Å²) in [7, 11) is 2.15. The molecule has 0 aliphatic heterocycles. The zero-order valence-electron chi connectivity index (χ0n) is 13.1. The molecule has 1 aromatic carbocycles. The van der Waals surface area contributed by atoms with Gasteiger partial charge in [0.15, 0.2) is 0 Å². The van der Waals surface area contributed by atoms with E-state index >= 15 is 0 Å². The van der Waals surface area contributed by atoms with Gasteiger partial charge in [-0.15, -0.1) is 0 Å². The number of nitrogens with one attached hydrogen (secondary N) is 1. The molecule has 1 aliphatic rings. The number of hydrogen-bond acceptors (Lipinski definition) is 2. The summed E-state index contributed by atoms with van der Waals surface area (Å²) in [6.45, 7) is 8.52. The molecule has 20 heavy (non-hydrogen) atoms. The van der Waals surface area contributed by atoms with Crippen LogP contribution in [-0.4, -0.2) is 30.1 Å². The van der Waals surface area contributed by atoms with Crippen LogP contribution in [0.2, 0.25) is 0 Å². The van der Waals surface area contributed by atoms with Gasteiger partial charge in [-0.05, 0) is 70.8 Å². The minimum Gasteiger partial charge on any atom is -0.312 e. The monoisotopic (exact) mass is 278 g/mol. The molecular weight excluding hydrogens is 251 g/mol. The summed E-state index contributed by atoms with van der Waals surface area (Å²) in [5.41, 5.74) is 1.24. The summed E-state index contributed by atoms with van der Waals surface area (Å²) in [4.78, 5) is 2.37. The highest BCUT2D eigenvalue weighted by Gasteiger charge is 2.34. The summed E-state index contributed by atoms with van der Waals surface area (Å²) < 4.78 is 13.2. The molecule has 0 aromatic heterocycles. The third kappa shape index (κ3) is 4.29. The summed E-state index contributed by atoms with van der Waals surface area (Å²) >= 11 is 0. The van der Waals surface area contributed by atoms with Crippen molar-refractivity contribution < 1.29 is 4.39 Å². The van der Waals surface area contributed by atoms with Crippen LogP contribution in [-0.2, 0) is 6.54 Å². The Morgan fingerprint density at radius 3 is 2.60 bits per heavy atom. The Bertz CT molecular complexity index is 439. The van der Waals surface area contributed by atoms with Crippen molar-refractivity contribution in [1.29, 1.82) is 0 Å². The van der Waals surface area contributed by atoms with Crippen LogP contribution in [0.1, 0.15) is 39.2 Å². The van der Waals surface area contributed by atoms with Crippen LogP contribution in [0.3, 0.4) is 0 Å². The third-order valence-corrected chi connectivity index (χ3v) is 4.16. The molecule has 0 amide bonds. The molecule has 0 spiro atoms. The summed E-state index contributed by atoms with van der Waals surface area (Å²) in [5.74, 6) is 0.572. The summed E-state index contributed by atoms with van der Waals surface area (Å²) in [6, 6.07) is 7.55. The van der Waals surface area contributed by atoms with E-state index in [-0.39, 0.29) is 11.4 Å². The van der Waals surface area contributed by atoms with Crippen molar-refractivity contribution in [3.8, 4) is 0 Å². The number of nitrogens with zero attached hydrogens (tertiary/aromatic N) is 1. The van der Waals surface area contributed by atoms with Crippen molar-refractivity contribution in [3.63, 3.8) is 0 Å². The fourth-order valence-corrected chi connectivity index (χ4v) is 2.85. The maximum Gasteiger partial charge on any atom is 0.123 e. The first-order valence-corrected chi connectivity index (χ1v) is 7.55. The quantitative estimate of drug-likeness (QED) is 0.888. The molecule has 0 radical (unpaired) electrons. The minimum atomic E-state index is -0.143. The van der Waals surface area contributed by atoms with Crippen LogP contribution in [0.4, 0.5) is 4.39 Å². The van der Waals surface area contributed by atoms with Crippen LogP contribution < -0.4 is 5.32 Å². The Balaban J connectivity index is 1.85. The molecule has 1 N–H and O–H groups in total. The van der Waals surface area contributed by atoms with Gasteiger partial charge >= 0.3 is 0 Å². The SMILES string of the molecule is CN(Cc1cccc(F)c1)C1CCC1CNC(C)(C)C. The Morgan fingerprint density at radius 2 is 2.05 bits per heavy atom. The molecule has 1 aromatic rings. The lowest BCUT2D eigenvalue weighted by molar-refractivity contribution is 0.0737. The number of halogens is 1. The van der Waals surface area contributed by atoms with Crippen LogP contribution >= 0.6 is 0 Å². The van der Waals surface area contributed by atoms with Crippen molar-refractivity contribution in [3.05, 3.63) is 35.6 Å². The topological polar surface area (TPSA) is 15.3 Å². The van der Waals surface area contributed by atoms with Crippen molar-refractivity contribution in [2.75, 3.05) is 13.6 Å². The zero-order chi connectivity index (χ0) is 14.8. The minimum absolute atomic E-state index is 0.143. The first-order valence-electron chi connectivity index (χ1n) is 7.55. The lowest BCUT2D eigenvalue weighted by atomic mass is 9.78. The standard InChI is InChI=1S/C17H27FN2/c1-17(2,3)19-11-14-8-9-16(14)20(4)12-13-6-5-7-15(18)10-13/h5-7,10,14,16,19H,8-9,11-12H2,1-4H3. The third-order valence-electron chi connectivity index (χ3n) is 4.16. The largest absolute Gasteiger partial charge is 0.312 e. The number of benzene rings is 1. The van der Waals surface area contributed by atoms with E-state index in [0.29, 0.717) is 12.0 Å². The van der Waals surface area contributed by atoms with Gasteiger partial charge < -0.3 is 5.32 Å². The average Bonchev–Trinajstić information content (AvgIpc) is 2.25. The molecule has 112 valence electrons. The van der Waals surface area contributed by atoms with Crippen molar-refractivity contribution in [2.24, 2.45) is 5.92 Å². The first-order chi connectivity index (χ1) is 9.35. The van der Waals surface area contributed by atoms with E-state index in [1.807, 2.05) is 6.07 Å². The van der Waals surface area contributed by atoms with Gasteiger partial charge in [0, 0.05) is 18.1 Å². The maximum absolute atomic E-state index is 13.2. The average molecular weight is 278 g/mol. The number of hydrogen-bond donors (Lipinski definition) is 1. The molecule has 1 saturated carbocycles. The molecule has 2 nitrogen and oxygen atoms in total. The first kappa shape index (κ1) is 15.5. The highest BCUT2D eigenvalue weighted by Crippen LogP contribution is 2.32. The van der Waals surface area contributed by atoms with Crippen LogP contribution in [0.15, 0.2) is 24.3 Å². The van der Waals surface area contributed by atoms with Crippen molar-refractivity contribution in [2.45, 2.75) is 51.7 Å². The molecule has 2 atom stereocenters. The molecule has 1 aliphatic carbocycles. The molecule has 3 heteroatoms. The van der Waals surface area contributed by atoms with E-state index in [2.05, 4.69) is 38.0 Å². The molecular formula is C17H27FN2. The summed E-state index contributed by atoms with van der Waals surface area (Å²) in [6.07, 6.45) is 2.55. The summed E-state index contributed by atoms with van der Waals surface area (Å²) in [5, 5.41) is 3.59. The van der Waals surface area contributed by atoms with Crippen LogP contribution in [0.25, 0.3) is 0 Å². The van der Waals surface area contributed by atoms with Gasteiger partial charge in [-0.25, -0.2) is 4.39 Å². The van der Waals surface area contributed by atoms with Gasteiger partial charge in [-0.3, -0.25) is 4.90 Å². The Labute approximate surface area is 122 Å². The van der Waals surface area contributed by atoms with Gasteiger partial charge in [-0.2, -0.15) is 0 Å². The molecule has 2 unspecified atom stereocenters. The van der Waals surface area contributed by atoms with Gasteiger partial charge in [0.2, 0.25) is 0 Å². The van der Waals surface area contributed by atoms with Crippen LogP contribution in [0.5, 0.6) is 0 Å². The van der Waals surface area contributed by atoms with E-state index in [0.717, 1.165) is 18.7 Å². The predicted molar refractivity (Wildman–Crippen MR) is 82.1 cm³/mol.